The molecule has 1 aliphatic carbocycles. The summed E-state index contributed by atoms with van der Waals surface area (Å²) in [6.07, 6.45) is 3.14. The molecule has 0 amide bonds. The van der Waals surface area contributed by atoms with Crippen LogP contribution in [0.1, 0.15) is 48.0 Å². The predicted octanol–water partition coefficient (Wildman–Crippen LogP) is 4.51. The zero-order chi connectivity index (χ0) is 14.8. The SMILES string of the molecule is OC(Cc1cc(F)cc(F)c1)c1cccc(C2CCC2)c1. The van der Waals surface area contributed by atoms with E-state index in [0.29, 0.717) is 11.5 Å². The minimum absolute atomic E-state index is 0.211. The van der Waals surface area contributed by atoms with Crippen LogP contribution in [0.2, 0.25) is 0 Å². The average molecular weight is 288 g/mol. The van der Waals surface area contributed by atoms with Gasteiger partial charge in [-0.05, 0) is 47.6 Å². The van der Waals surface area contributed by atoms with Gasteiger partial charge in [0.25, 0.3) is 0 Å². The molecule has 0 bridgehead atoms. The Bertz CT molecular complexity index is 615. The first-order valence-corrected chi connectivity index (χ1v) is 7.35. The third kappa shape index (κ3) is 3.30. The van der Waals surface area contributed by atoms with Crippen LogP contribution in [0.5, 0.6) is 0 Å². The monoisotopic (exact) mass is 288 g/mol. The highest BCUT2D eigenvalue weighted by molar-refractivity contribution is 5.30. The van der Waals surface area contributed by atoms with Crippen molar-refractivity contribution in [2.24, 2.45) is 0 Å². The first kappa shape index (κ1) is 14.2. The van der Waals surface area contributed by atoms with Crippen molar-refractivity contribution in [1.29, 1.82) is 0 Å². The van der Waals surface area contributed by atoms with Crippen LogP contribution >= 0.6 is 0 Å². The molecule has 1 aliphatic rings. The second-order valence-corrected chi connectivity index (χ2v) is 5.80. The van der Waals surface area contributed by atoms with Crippen molar-refractivity contribution >= 4 is 0 Å². The molecule has 1 atom stereocenters. The Morgan fingerprint density at radius 2 is 1.76 bits per heavy atom. The van der Waals surface area contributed by atoms with Gasteiger partial charge in [0.05, 0.1) is 6.10 Å². The fourth-order valence-electron chi connectivity index (χ4n) is 2.83. The molecular formula is C18H18F2O. The van der Waals surface area contributed by atoms with Gasteiger partial charge in [-0.1, -0.05) is 30.7 Å². The fraction of sp³-hybridized carbons (Fsp3) is 0.333. The normalized spacial score (nSPS) is 16.5. The Morgan fingerprint density at radius 1 is 1.05 bits per heavy atom. The molecule has 0 radical (unpaired) electrons. The molecule has 1 unspecified atom stereocenters. The molecule has 1 nitrogen and oxygen atoms in total. The van der Waals surface area contributed by atoms with Crippen LogP contribution in [-0.2, 0) is 6.42 Å². The van der Waals surface area contributed by atoms with Crippen molar-refractivity contribution < 1.29 is 13.9 Å². The third-order valence-electron chi connectivity index (χ3n) is 4.22. The van der Waals surface area contributed by atoms with Crippen LogP contribution in [0.15, 0.2) is 42.5 Å². The van der Waals surface area contributed by atoms with E-state index in [1.54, 1.807) is 0 Å². The minimum atomic E-state index is -0.744. The van der Waals surface area contributed by atoms with Crippen LogP contribution in [-0.4, -0.2) is 5.11 Å². The minimum Gasteiger partial charge on any atom is -0.388 e. The standard InChI is InChI=1S/C18H18F2O/c19-16-7-12(8-17(20)11-16)9-18(21)15-6-2-5-14(10-15)13-3-1-4-13/h2,5-8,10-11,13,18,21H,1,3-4,9H2. The van der Waals surface area contributed by atoms with Crippen molar-refractivity contribution in [2.75, 3.05) is 0 Å². The van der Waals surface area contributed by atoms with E-state index in [4.69, 9.17) is 0 Å². The van der Waals surface area contributed by atoms with Crippen molar-refractivity contribution in [3.63, 3.8) is 0 Å². The van der Waals surface area contributed by atoms with E-state index in [1.165, 1.54) is 37.0 Å². The molecule has 2 aromatic carbocycles. The van der Waals surface area contributed by atoms with Gasteiger partial charge in [0.15, 0.2) is 0 Å². The first-order valence-electron chi connectivity index (χ1n) is 7.35. The Kier molecular flexibility index (Phi) is 4.02. The maximum Gasteiger partial charge on any atom is 0.126 e. The number of benzene rings is 2. The maximum absolute atomic E-state index is 13.2. The van der Waals surface area contributed by atoms with E-state index in [9.17, 15) is 13.9 Å². The number of hydrogen-bond acceptors (Lipinski definition) is 1. The maximum atomic E-state index is 13.2. The zero-order valence-corrected chi connectivity index (χ0v) is 11.7. The van der Waals surface area contributed by atoms with E-state index < -0.39 is 17.7 Å². The first-order chi connectivity index (χ1) is 10.1. The Balaban J connectivity index is 1.76. The average Bonchev–Trinajstić information content (AvgIpc) is 2.35. The van der Waals surface area contributed by atoms with E-state index >= 15 is 0 Å². The van der Waals surface area contributed by atoms with Gasteiger partial charge < -0.3 is 5.11 Å². The van der Waals surface area contributed by atoms with Crippen LogP contribution < -0.4 is 0 Å². The molecule has 2 aromatic rings. The summed E-state index contributed by atoms with van der Waals surface area (Å²) in [6.45, 7) is 0. The summed E-state index contributed by atoms with van der Waals surface area (Å²) in [7, 11) is 0. The van der Waals surface area contributed by atoms with E-state index in [-0.39, 0.29) is 6.42 Å². The van der Waals surface area contributed by atoms with Crippen molar-refractivity contribution in [1.82, 2.24) is 0 Å². The topological polar surface area (TPSA) is 20.2 Å². The van der Waals surface area contributed by atoms with Gasteiger partial charge in [-0.2, -0.15) is 0 Å². The van der Waals surface area contributed by atoms with E-state index in [2.05, 4.69) is 6.07 Å². The molecule has 1 saturated carbocycles. The molecule has 0 aliphatic heterocycles. The number of hydrogen-bond donors (Lipinski definition) is 1. The third-order valence-corrected chi connectivity index (χ3v) is 4.22. The highest BCUT2D eigenvalue weighted by Gasteiger charge is 2.20. The van der Waals surface area contributed by atoms with Crippen molar-refractivity contribution in [3.05, 3.63) is 70.8 Å². The van der Waals surface area contributed by atoms with Gasteiger partial charge in [0.1, 0.15) is 11.6 Å². The number of halogens is 2. The Hall–Kier alpha value is -1.74. The predicted molar refractivity (Wildman–Crippen MR) is 78.1 cm³/mol. The van der Waals surface area contributed by atoms with Crippen molar-refractivity contribution in [3.8, 4) is 0 Å². The molecule has 3 rings (SSSR count). The number of aliphatic hydroxyl groups is 1. The summed E-state index contributed by atoms with van der Waals surface area (Å²) in [4.78, 5) is 0. The summed E-state index contributed by atoms with van der Waals surface area (Å²) in [5, 5.41) is 10.3. The highest BCUT2D eigenvalue weighted by atomic mass is 19.1. The van der Waals surface area contributed by atoms with E-state index in [0.717, 1.165) is 11.6 Å². The van der Waals surface area contributed by atoms with E-state index in [1.807, 2.05) is 18.2 Å². The summed E-state index contributed by atoms with van der Waals surface area (Å²) < 4.78 is 26.4. The van der Waals surface area contributed by atoms with Gasteiger partial charge in [0, 0.05) is 12.5 Å². The highest BCUT2D eigenvalue weighted by Crippen LogP contribution is 2.37. The quantitative estimate of drug-likeness (QED) is 0.877. The van der Waals surface area contributed by atoms with Gasteiger partial charge in [-0.15, -0.1) is 0 Å². The van der Waals surface area contributed by atoms with Crippen molar-refractivity contribution in [2.45, 2.75) is 37.7 Å². The molecule has 1 N–H and O–H groups in total. The fourth-order valence-corrected chi connectivity index (χ4v) is 2.83. The second-order valence-electron chi connectivity index (χ2n) is 5.80. The van der Waals surface area contributed by atoms with Crippen LogP contribution in [0, 0.1) is 11.6 Å². The lowest BCUT2D eigenvalue weighted by molar-refractivity contribution is 0.178. The molecular weight excluding hydrogens is 270 g/mol. The zero-order valence-electron chi connectivity index (χ0n) is 11.7. The summed E-state index contributed by atoms with van der Waals surface area (Å²) >= 11 is 0. The molecule has 3 heteroatoms. The van der Waals surface area contributed by atoms with Gasteiger partial charge >= 0.3 is 0 Å². The van der Waals surface area contributed by atoms with Crippen LogP contribution in [0.25, 0.3) is 0 Å². The van der Waals surface area contributed by atoms with Gasteiger partial charge in [-0.3, -0.25) is 0 Å². The largest absolute Gasteiger partial charge is 0.388 e. The number of rotatable bonds is 4. The van der Waals surface area contributed by atoms with Gasteiger partial charge in [-0.25, -0.2) is 8.78 Å². The second kappa shape index (κ2) is 5.94. The molecule has 0 saturated heterocycles. The van der Waals surface area contributed by atoms with Crippen LogP contribution in [0.3, 0.4) is 0 Å². The number of aliphatic hydroxyl groups excluding tert-OH is 1. The molecule has 21 heavy (non-hydrogen) atoms. The Labute approximate surface area is 123 Å². The van der Waals surface area contributed by atoms with Crippen LogP contribution in [0.4, 0.5) is 8.78 Å². The lowest BCUT2D eigenvalue weighted by Gasteiger charge is -2.26. The molecule has 0 spiro atoms. The smallest absolute Gasteiger partial charge is 0.126 e. The molecule has 0 aromatic heterocycles. The summed E-state index contributed by atoms with van der Waals surface area (Å²) in [6, 6.07) is 11.3. The summed E-state index contributed by atoms with van der Waals surface area (Å²) in [5.41, 5.74) is 2.53. The van der Waals surface area contributed by atoms with Gasteiger partial charge in [0.2, 0.25) is 0 Å². The lowest BCUT2D eigenvalue weighted by Crippen LogP contribution is -2.10. The summed E-state index contributed by atoms with van der Waals surface area (Å²) in [5.74, 6) is -0.621. The molecule has 1 fully saturated rings. The molecule has 0 heterocycles. The Morgan fingerprint density at radius 3 is 2.38 bits per heavy atom. The molecule has 110 valence electrons. The lowest BCUT2D eigenvalue weighted by atomic mass is 9.79.